The Morgan fingerprint density at radius 3 is 2.59 bits per heavy atom. The van der Waals surface area contributed by atoms with Crippen molar-refractivity contribution in [1.82, 2.24) is 24.5 Å². The second-order valence-corrected chi connectivity index (χ2v) is 9.53. The SMILES string of the molecule is CNc1nc(NC2(C#N)CCCCC2)nc(N2CCC(n3c(=O)[nH]c4cc(Cl)ccc43)CC2)n1. The monoisotopic (exact) mass is 481 g/mol. The Morgan fingerprint density at radius 2 is 1.88 bits per heavy atom. The molecule has 2 aliphatic rings. The Kier molecular flexibility index (Phi) is 6.04. The number of imidazole rings is 1. The third-order valence-corrected chi connectivity index (χ3v) is 7.15. The Morgan fingerprint density at radius 1 is 1.15 bits per heavy atom. The average Bonchev–Trinajstić information content (AvgIpc) is 3.19. The Hall–Kier alpha value is -3.32. The number of fused-ring (bicyclic) bond motifs is 1. The summed E-state index contributed by atoms with van der Waals surface area (Å²) in [5, 5.41) is 16.7. The predicted molar refractivity (Wildman–Crippen MR) is 132 cm³/mol. The number of benzene rings is 1. The van der Waals surface area contributed by atoms with Crippen LogP contribution in [0.25, 0.3) is 11.0 Å². The summed E-state index contributed by atoms with van der Waals surface area (Å²) < 4.78 is 1.84. The van der Waals surface area contributed by atoms with Crippen LogP contribution in [0.2, 0.25) is 5.02 Å². The fraction of sp³-hybridized carbons (Fsp3) is 0.522. The molecule has 0 spiro atoms. The molecule has 3 heterocycles. The van der Waals surface area contributed by atoms with Gasteiger partial charge < -0.3 is 20.5 Å². The van der Waals surface area contributed by atoms with Crippen molar-refractivity contribution in [3.63, 3.8) is 0 Å². The molecular weight excluding hydrogens is 454 g/mol. The number of nitrogens with one attached hydrogen (secondary N) is 3. The molecule has 11 heteroatoms. The number of H-pyrrole nitrogens is 1. The molecule has 3 N–H and O–H groups in total. The molecule has 1 aromatic carbocycles. The quantitative estimate of drug-likeness (QED) is 0.503. The van der Waals surface area contributed by atoms with E-state index in [0.717, 1.165) is 56.0 Å². The van der Waals surface area contributed by atoms with E-state index < -0.39 is 5.54 Å². The number of nitrogens with zero attached hydrogens (tertiary/aromatic N) is 6. The summed E-state index contributed by atoms with van der Waals surface area (Å²) in [6.45, 7) is 1.40. The smallest absolute Gasteiger partial charge is 0.326 e. The van der Waals surface area contributed by atoms with Crippen molar-refractivity contribution in [3.05, 3.63) is 33.7 Å². The van der Waals surface area contributed by atoms with E-state index in [1.165, 1.54) is 0 Å². The molecule has 5 rings (SSSR count). The maximum atomic E-state index is 12.7. The topological polar surface area (TPSA) is 128 Å². The van der Waals surface area contributed by atoms with Crippen LogP contribution < -0.4 is 21.2 Å². The highest BCUT2D eigenvalue weighted by Crippen LogP contribution is 2.32. The molecular formula is C23H28ClN9O. The summed E-state index contributed by atoms with van der Waals surface area (Å²) in [6, 6.07) is 8.01. The summed E-state index contributed by atoms with van der Waals surface area (Å²) in [6.07, 6.45) is 6.32. The lowest BCUT2D eigenvalue weighted by molar-refractivity contribution is 0.389. The highest BCUT2D eigenvalue weighted by Gasteiger charge is 2.33. The molecule has 0 atom stereocenters. The van der Waals surface area contributed by atoms with E-state index in [4.69, 9.17) is 11.6 Å². The molecule has 1 aliphatic heterocycles. The van der Waals surface area contributed by atoms with Crippen molar-refractivity contribution in [2.45, 2.75) is 56.5 Å². The first-order valence-corrected chi connectivity index (χ1v) is 12.2. The molecule has 0 radical (unpaired) electrons. The molecule has 0 unspecified atom stereocenters. The number of aromatic nitrogens is 5. The lowest BCUT2D eigenvalue weighted by Crippen LogP contribution is -2.40. The molecule has 1 saturated heterocycles. The third kappa shape index (κ3) is 4.28. The highest BCUT2D eigenvalue weighted by molar-refractivity contribution is 6.31. The summed E-state index contributed by atoms with van der Waals surface area (Å²) >= 11 is 6.08. The first kappa shape index (κ1) is 22.5. The number of nitriles is 1. The zero-order valence-electron chi connectivity index (χ0n) is 19.1. The minimum atomic E-state index is -0.631. The maximum Gasteiger partial charge on any atom is 0.326 e. The van der Waals surface area contributed by atoms with Gasteiger partial charge in [0.25, 0.3) is 0 Å². The van der Waals surface area contributed by atoms with Crippen LogP contribution in [-0.4, -0.2) is 50.2 Å². The summed E-state index contributed by atoms with van der Waals surface area (Å²) in [5.41, 5.74) is 0.871. The van der Waals surface area contributed by atoms with Gasteiger partial charge in [0.1, 0.15) is 5.54 Å². The molecule has 34 heavy (non-hydrogen) atoms. The third-order valence-electron chi connectivity index (χ3n) is 6.91. The van der Waals surface area contributed by atoms with Gasteiger partial charge >= 0.3 is 5.69 Å². The fourth-order valence-corrected chi connectivity index (χ4v) is 5.27. The number of anilines is 3. The largest absolute Gasteiger partial charge is 0.357 e. The minimum absolute atomic E-state index is 0.0750. The van der Waals surface area contributed by atoms with Gasteiger partial charge in [-0.25, -0.2) is 4.79 Å². The van der Waals surface area contributed by atoms with E-state index in [9.17, 15) is 10.1 Å². The molecule has 10 nitrogen and oxygen atoms in total. The second kappa shape index (κ2) is 9.14. The molecule has 2 aromatic heterocycles. The van der Waals surface area contributed by atoms with Gasteiger partial charge in [-0.05, 0) is 43.9 Å². The number of piperidine rings is 1. The van der Waals surface area contributed by atoms with E-state index in [1.54, 1.807) is 13.1 Å². The zero-order chi connectivity index (χ0) is 23.7. The van der Waals surface area contributed by atoms with Gasteiger partial charge in [0, 0.05) is 31.2 Å². The van der Waals surface area contributed by atoms with Crippen molar-refractivity contribution in [1.29, 1.82) is 5.26 Å². The lowest BCUT2D eigenvalue weighted by Gasteiger charge is -2.34. The van der Waals surface area contributed by atoms with E-state index >= 15 is 0 Å². The van der Waals surface area contributed by atoms with Crippen molar-refractivity contribution in [2.75, 3.05) is 35.7 Å². The standard InChI is InChI=1S/C23H28ClN9O/c1-26-19-28-20(31-23(14-25)9-3-2-4-10-23)30-21(29-19)32-11-7-16(8-12-32)33-18-6-5-15(24)13-17(18)27-22(33)34/h5-6,13,16H,2-4,7-12H2,1H3,(H,27,34)(H2,26,28,29,30,31). The van der Waals surface area contributed by atoms with Crippen LogP contribution in [0.4, 0.5) is 17.8 Å². The van der Waals surface area contributed by atoms with Crippen LogP contribution in [0.5, 0.6) is 0 Å². The molecule has 0 bridgehead atoms. The van der Waals surface area contributed by atoms with Gasteiger partial charge in [0.15, 0.2) is 0 Å². The van der Waals surface area contributed by atoms with Gasteiger partial charge in [-0.2, -0.15) is 20.2 Å². The Bertz CT molecular complexity index is 1280. The zero-order valence-corrected chi connectivity index (χ0v) is 19.9. The molecule has 1 aliphatic carbocycles. The maximum absolute atomic E-state index is 12.7. The first-order chi connectivity index (χ1) is 16.5. The average molecular weight is 482 g/mol. The Balaban J connectivity index is 1.35. The van der Waals surface area contributed by atoms with Crippen molar-refractivity contribution in [3.8, 4) is 6.07 Å². The van der Waals surface area contributed by atoms with Gasteiger partial charge in [0.05, 0.1) is 17.1 Å². The summed E-state index contributed by atoms with van der Waals surface area (Å²) in [7, 11) is 1.77. The van der Waals surface area contributed by atoms with Crippen molar-refractivity contribution < 1.29 is 0 Å². The first-order valence-electron chi connectivity index (χ1n) is 11.8. The van der Waals surface area contributed by atoms with Crippen molar-refractivity contribution in [2.24, 2.45) is 0 Å². The molecule has 178 valence electrons. The summed E-state index contributed by atoms with van der Waals surface area (Å²) in [5.74, 6) is 1.45. The van der Waals surface area contributed by atoms with Crippen LogP contribution in [0, 0.1) is 11.3 Å². The number of halogens is 1. The van der Waals surface area contributed by atoms with Crippen molar-refractivity contribution >= 4 is 40.5 Å². The molecule has 2 fully saturated rings. The summed E-state index contributed by atoms with van der Waals surface area (Å²) in [4.78, 5) is 31.4. The number of hydrogen-bond donors (Lipinski definition) is 3. The molecule has 1 saturated carbocycles. The minimum Gasteiger partial charge on any atom is -0.357 e. The van der Waals surface area contributed by atoms with E-state index in [-0.39, 0.29) is 11.7 Å². The van der Waals surface area contributed by atoms with Gasteiger partial charge in [-0.15, -0.1) is 0 Å². The van der Waals surface area contributed by atoms with Crippen LogP contribution in [0.1, 0.15) is 51.0 Å². The Labute approximate surface area is 202 Å². The van der Waals surface area contributed by atoms with Crippen LogP contribution in [-0.2, 0) is 0 Å². The fourth-order valence-electron chi connectivity index (χ4n) is 5.10. The van der Waals surface area contributed by atoms with Gasteiger partial charge in [-0.3, -0.25) is 4.57 Å². The van der Waals surface area contributed by atoms with E-state index in [1.807, 2.05) is 16.7 Å². The normalized spacial score (nSPS) is 18.6. The number of aromatic amines is 1. The van der Waals surface area contributed by atoms with Crippen LogP contribution >= 0.6 is 11.6 Å². The van der Waals surface area contributed by atoms with Crippen LogP contribution in [0.15, 0.2) is 23.0 Å². The second-order valence-electron chi connectivity index (χ2n) is 9.09. The van der Waals surface area contributed by atoms with Crippen LogP contribution in [0.3, 0.4) is 0 Å². The number of rotatable bonds is 5. The van der Waals surface area contributed by atoms with E-state index in [2.05, 4.69) is 41.5 Å². The lowest BCUT2D eigenvalue weighted by atomic mass is 9.83. The highest BCUT2D eigenvalue weighted by atomic mass is 35.5. The molecule has 3 aromatic rings. The number of hydrogen-bond acceptors (Lipinski definition) is 8. The molecule has 0 amide bonds. The van der Waals surface area contributed by atoms with Gasteiger partial charge in [-0.1, -0.05) is 30.9 Å². The van der Waals surface area contributed by atoms with E-state index in [0.29, 0.717) is 36.0 Å². The van der Waals surface area contributed by atoms with Gasteiger partial charge in [0.2, 0.25) is 17.8 Å². The predicted octanol–water partition coefficient (Wildman–Crippen LogP) is 3.69.